The number of nitrogens with zero attached hydrogens (tertiary/aromatic N) is 1. The summed E-state index contributed by atoms with van der Waals surface area (Å²) in [6.45, 7) is 3.98. The van der Waals surface area contributed by atoms with Crippen LogP contribution in [0.5, 0.6) is 0 Å². The maximum absolute atomic E-state index is 12.7. The van der Waals surface area contributed by atoms with Crippen molar-refractivity contribution in [2.45, 2.75) is 32.9 Å². The van der Waals surface area contributed by atoms with Crippen molar-refractivity contribution in [2.24, 2.45) is 0 Å². The van der Waals surface area contributed by atoms with Gasteiger partial charge in [0.2, 0.25) is 0 Å². The summed E-state index contributed by atoms with van der Waals surface area (Å²) in [5, 5.41) is 11.5. The van der Waals surface area contributed by atoms with Crippen LogP contribution in [0.15, 0.2) is 18.2 Å². The Morgan fingerprint density at radius 3 is 2.55 bits per heavy atom. The lowest BCUT2D eigenvalue weighted by Gasteiger charge is -2.23. The number of alkyl halides is 3. The number of rotatable bonds is 6. The third-order valence-corrected chi connectivity index (χ3v) is 3.25. The molecular formula is C15H21F3N2O2. The molecule has 22 heavy (non-hydrogen) atoms. The predicted molar refractivity (Wildman–Crippen MR) is 78.8 cm³/mol. The topological polar surface area (TPSA) is 52.6 Å². The van der Waals surface area contributed by atoms with Gasteiger partial charge in [-0.1, -0.05) is 19.4 Å². The summed E-state index contributed by atoms with van der Waals surface area (Å²) in [4.78, 5) is 13.5. The molecular weight excluding hydrogens is 297 g/mol. The number of aliphatic hydroxyl groups is 1. The van der Waals surface area contributed by atoms with E-state index in [9.17, 15) is 18.0 Å². The number of carbonyl (C=O) groups excluding carboxylic acids is 1. The predicted octanol–water partition coefficient (Wildman–Crippen LogP) is 3.64. The van der Waals surface area contributed by atoms with Crippen molar-refractivity contribution in [1.82, 2.24) is 4.90 Å². The number of aryl methyl sites for hydroxylation is 1. The monoisotopic (exact) mass is 318 g/mol. The van der Waals surface area contributed by atoms with Gasteiger partial charge in [0.05, 0.1) is 12.2 Å². The van der Waals surface area contributed by atoms with Gasteiger partial charge in [0.1, 0.15) is 0 Å². The van der Waals surface area contributed by atoms with E-state index in [1.807, 2.05) is 6.92 Å². The van der Waals surface area contributed by atoms with Gasteiger partial charge in [0.15, 0.2) is 0 Å². The average molecular weight is 318 g/mol. The molecule has 0 bridgehead atoms. The number of unbranched alkanes of at least 4 members (excludes halogenated alkanes) is 1. The number of carbonyl (C=O) groups is 1. The van der Waals surface area contributed by atoms with Crippen molar-refractivity contribution in [2.75, 3.05) is 25.0 Å². The summed E-state index contributed by atoms with van der Waals surface area (Å²) in [7, 11) is 0. The molecule has 0 saturated heterocycles. The third-order valence-electron chi connectivity index (χ3n) is 3.25. The first kappa shape index (κ1) is 18.3. The Labute approximate surface area is 127 Å². The third kappa shape index (κ3) is 5.22. The lowest BCUT2D eigenvalue weighted by atomic mass is 10.1. The Kier molecular flexibility index (Phi) is 6.67. The summed E-state index contributed by atoms with van der Waals surface area (Å²) >= 11 is 0. The van der Waals surface area contributed by atoms with E-state index in [4.69, 9.17) is 5.11 Å². The number of nitrogens with one attached hydrogen (secondary N) is 1. The Bertz CT molecular complexity index is 504. The molecule has 4 nitrogen and oxygen atoms in total. The maximum Gasteiger partial charge on any atom is 0.416 e. The SMILES string of the molecule is CCCCN(CCO)C(=O)Nc1cc(C(F)(F)F)ccc1C. The number of halogens is 3. The first-order valence-corrected chi connectivity index (χ1v) is 7.14. The van der Waals surface area contributed by atoms with Gasteiger partial charge in [-0.3, -0.25) is 0 Å². The van der Waals surface area contributed by atoms with Crippen molar-refractivity contribution < 1.29 is 23.1 Å². The minimum atomic E-state index is -4.46. The van der Waals surface area contributed by atoms with E-state index in [1.165, 1.54) is 11.0 Å². The van der Waals surface area contributed by atoms with Gasteiger partial charge in [0.25, 0.3) is 0 Å². The van der Waals surface area contributed by atoms with Crippen molar-refractivity contribution in [3.8, 4) is 0 Å². The minimum Gasteiger partial charge on any atom is -0.395 e. The van der Waals surface area contributed by atoms with Gasteiger partial charge in [-0.2, -0.15) is 13.2 Å². The summed E-state index contributed by atoms with van der Waals surface area (Å²) in [5.74, 6) is 0. The summed E-state index contributed by atoms with van der Waals surface area (Å²) in [6, 6.07) is 2.71. The van der Waals surface area contributed by atoms with E-state index in [1.54, 1.807) is 6.92 Å². The molecule has 0 atom stereocenters. The normalized spacial score (nSPS) is 11.4. The van der Waals surface area contributed by atoms with E-state index in [0.29, 0.717) is 12.1 Å². The molecule has 0 radical (unpaired) electrons. The average Bonchev–Trinajstić information content (AvgIpc) is 2.44. The maximum atomic E-state index is 12.7. The number of amides is 2. The molecule has 0 unspecified atom stereocenters. The second-order valence-corrected chi connectivity index (χ2v) is 5.02. The second-order valence-electron chi connectivity index (χ2n) is 5.02. The lowest BCUT2D eigenvalue weighted by Crippen LogP contribution is -2.38. The van der Waals surface area contributed by atoms with Gasteiger partial charge in [-0.05, 0) is 31.0 Å². The van der Waals surface area contributed by atoms with Crippen LogP contribution in [0.1, 0.15) is 30.9 Å². The van der Waals surface area contributed by atoms with Crippen LogP contribution in [-0.2, 0) is 6.18 Å². The van der Waals surface area contributed by atoms with Gasteiger partial charge < -0.3 is 15.3 Å². The molecule has 0 aliphatic rings. The summed E-state index contributed by atoms with van der Waals surface area (Å²) in [6.07, 6.45) is -2.83. The first-order valence-electron chi connectivity index (χ1n) is 7.14. The van der Waals surface area contributed by atoms with E-state index in [0.717, 1.165) is 25.0 Å². The molecule has 0 aliphatic carbocycles. The number of benzene rings is 1. The van der Waals surface area contributed by atoms with E-state index >= 15 is 0 Å². The Morgan fingerprint density at radius 1 is 1.32 bits per heavy atom. The van der Waals surface area contributed by atoms with E-state index < -0.39 is 17.8 Å². The molecule has 1 aromatic rings. The quantitative estimate of drug-likeness (QED) is 0.841. The Hall–Kier alpha value is -1.76. The molecule has 0 heterocycles. The molecule has 0 aliphatic heterocycles. The highest BCUT2D eigenvalue weighted by Crippen LogP contribution is 2.32. The standard InChI is InChI=1S/C15H21F3N2O2/c1-3-4-7-20(8-9-21)14(22)19-13-10-12(15(16,17)18)6-5-11(13)2/h5-6,10,21H,3-4,7-9H2,1-2H3,(H,19,22). The smallest absolute Gasteiger partial charge is 0.395 e. The van der Waals surface area contributed by atoms with Crippen molar-refractivity contribution >= 4 is 11.7 Å². The highest BCUT2D eigenvalue weighted by molar-refractivity contribution is 5.90. The summed E-state index contributed by atoms with van der Waals surface area (Å²) < 4.78 is 38.2. The second kappa shape index (κ2) is 8.03. The molecule has 0 aromatic heterocycles. The largest absolute Gasteiger partial charge is 0.416 e. The zero-order valence-electron chi connectivity index (χ0n) is 12.7. The van der Waals surface area contributed by atoms with Crippen molar-refractivity contribution in [3.05, 3.63) is 29.3 Å². The number of anilines is 1. The Morgan fingerprint density at radius 2 is 2.00 bits per heavy atom. The van der Waals surface area contributed by atoms with Crippen LogP contribution in [0.2, 0.25) is 0 Å². The molecule has 2 N–H and O–H groups in total. The Balaban J connectivity index is 2.89. The van der Waals surface area contributed by atoms with Gasteiger partial charge in [0, 0.05) is 18.8 Å². The molecule has 2 amide bonds. The molecule has 1 aromatic carbocycles. The highest BCUT2D eigenvalue weighted by Gasteiger charge is 2.31. The number of hydrogen-bond donors (Lipinski definition) is 2. The molecule has 124 valence electrons. The van der Waals surface area contributed by atoms with Gasteiger partial charge >= 0.3 is 12.2 Å². The fourth-order valence-electron chi connectivity index (χ4n) is 1.91. The molecule has 1 rings (SSSR count). The zero-order valence-corrected chi connectivity index (χ0v) is 12.7. The molecule has 0 saturated carbocycles. The number of aliphatic hydroxyl groups excluding tert-OH is 1. The van der Waals surface area contributed by atoms with Gasteiger partial charge in [-0.25, -0.2) is 4.79 Å². The van der Waals surface area contributed by atoms with Crippen LogP contribution in [-0.4, -0.2) is 35.7 Å². The fraction of sp³-hybridized carbons (Fsp3) is 0.533. The van der Waals surface area contributed by atoms with Crippen LogP contribution in [0.3, 0.4) is 0 Å². The van der Waals surface area contributed by atoms with Crippen LogP contribution in [0, 0.1) is 6.92 Å². The van der Waals surface area contributed by atoms with E-state index in [2.05, 4.69) is 5.32 Å². The number of hydrogen-bond acceptors (Lipinski definition) is 2. The molecule has 7 heteroatoms. The van der Waals surface area contributed by atoms with Crippen LogP contribution >= 0.6 is 0 Å². The zero-order chi connectivity index (χ0) is 16.8. The fourth-order valence-corrected chi connectivity index (χ4v) is 1.91. The van der Waals surface area contributed by atoms with Crippen molar-refractivity contribution in [1.29, 1.82) is 0 Å². The highest BCUT2D eigenvalue weighted by atomic mass is 19.4. The van der Waals surface area contributed by atoms with Crippen LogP contribution < -0.4 is 5.32 Å². The van der Waals surface area contributed by atoms with Crippen LogP contribution in [0.25, 0.3) is 0 Å². The summed E-state index contributed by atoms with van der Waals surface area (Å²) in [5.41, 5.74) is -0.143. The van der Waals surface area contributed by atoms with Crippen molar-refractivity contribution in [3.63, 3.8) is 0 Å². The molecule has 0 fully saturated rings. The van der Waals surface area contributed by atoms with Crippen LogP contribution in [0.4, 0.5) is 23.7 Å². The first-order chi connectivity index (χ1) is 10.3. The lowest BCUT2D eigenvalue weighted by molar-refractivity contribution is -0.137. The number of urea groups is 1. The minimum absolute atomic E-state index is 0.124. The van der Waals surface area contributed by atoms with Gasteiger partial charge in [-0.15, -0.1) is 0 Å². The van der Waals surface area contributed by atoms with E-state index in [-0.39, 0.29) is 18.8 Å². The molecule has 0 spiro atoms.